The van der Waals surface area contributed by atoms with Crippen molar-refractivity contribution >= 4 is 11.5 Å². The SMILES string of the molecule is N#Cc1cc(OCC2=C(c3ccc(F)cc3)CCC2)ccc1CCC(=O)O. The highest BCUT2D eigenvalue weighted by atomic mass is 19.1. The molecule has 1 aliphatic rings. The molecule has 0 spiro atoms. The van der Waals surface area contributed by atoms with Gasteiger partial charge in [-0.25, -0.2) is 4.39 Å². The molecule has 0 heterocycles. The minimum absolute atomic E-state index is 0.0111. The van der Waals surface area contributed by atoms with E-state index in [0.29, 0.717) is 29.9 Å². The Hall–Kier alpha value is -3.13. The van der Waals surface area contributed by atoms with E-state index in [1.807, 2.05) is 0 Å². The highest BCUT2D eigenvalue weighted by Crippen LogP contribution is 2.34. The summed E-state index contributed by atoms with van der Waals surface area (Å²) in [7, 11) is 0. The zero-order chi connectivity index (χ0) is 19.2. The number of carboxylic acids is 1. The van der Waals surface area contributed by atoms with E-state index in [4.69, 9.17) is 9.84 Å². The molecule has 2 aromatic rings. The summed E-state index contributed by atoms with van der Waals surface area (Å²) in [6.45, 7) is 0.423. The number of carbonyl (C=O) groups is 1. The fraction of sp³-hybridized carbons (Fsp3) is 0.273. The van der Waals surface area contributed by atoms with E-state index in [1.165, 1.54) is 23.3 Å². The minimum atomic E-state index is -0.888. The third-order valence-electron chi connectivity index (χ3n) is 4.75. The minimum Gasteiger partial charge on any atom is -0.489 e. The molecule has 0 aromatic heterocycles. The van der Waals surface area contributed by atoms with E-state index in [9.17, 15) is 14.4 Å². The van der Waals surface area contributed by atoms with Gasteiger partial charge >= 0.3 is 5.97 Å². The molecule has 0 saturated carbocycles. The first-order valence-corrected chi connectivity index (χ1v) is 8.91. The molecule has 0 bridgehead atoms. The van der Waals surface area contributed by atoms with Crippen LogP contribution in [0.15, 0.2) is 48.0 Å². The maximum atomic E-state index is 13.1. The van der Waals surface area contributed by atoms with E-state index in [0.717, 1.165) is 24.8 Å². The molecular formula is C22H20FNO3. The fourth-order valence-corrected chi connectivity index (χ4v) is 3.34. The Morgan fingerprint density at radius 2 is 1.96 bits per heavy atom. The van der Waals surface area contributed by atoms with E-state index >= 15 is 0 Å². The summed E-state index contributed by atoms with van der Waals surface area (Å²) in [6, 6.07) is 13.8. The van der Waals surface area contributed by atoms with Gasteiger partial charge in [-0.2, -0.15) is 5.26 Å². The van der Waals surface area contributed by atoms with Crippen LogP contribution in [0.25, 0.3) is 5.57 Å². The van der Waals surface area contributed by atoms with Crippen LogP contribution in [0.2, 0.25) is 0 Å². The van der Waals surface area contributed by atoms with Crippen LogP contribution in [-0.2, 0) is 11.2 Å². The maximum absolute atomic E-state index is 13.1. The van der Waals surface area contributed by atoms with Crippen molar-refractivity contribution in [2.45, 2.75) is 32.1 Å². The van der Waals surface area contributed by atoms with Crippen LogP contribution in [0.5, 0.6) is 5.75 Å². The van der Waals surface area contributed by atoms with E-state index < -0.39 is 5.97 Å². The monoisotopic (exact) mass is 365 g/mol. The lowest BCUT2D eigenvalue weighted by atomic mass is 10.0. The highest BCUT2D eigenvalue weighted by Gasteiger charge is 2.17. The van der Waals surface area contributed by atoms with Crippen molar-refractivity contribution in [1.82, 2.24) is 0 Å². The topological polar surface area (TPSA) is 70.3 Å². The Labute approximate surface area is 157 Å². The van der Waals surface area contributed by atoms with E-state index in [-0.39, 0.29) is 12.2 Å². The van der Waals surface area contributed by atoms with Crippen molar-refractivity contribution in [3.05, 3.63) is 70.5 Å². The van der Waals surface area contributed by atoms with Gasteiger partial charge in [-0.05, 0) is 72.2 Å². The molecule has 3 rings (SSSR count). The number of ether oxygens (including phenoxy) is 1. The third kappa shape index (κ3) is 4.73. The summed E-state index contributed by atoms with van der Waals surface area (Å²) >= 11 is 0. The predicted molar refractivity (Wildman–Crippen MR) is 99.8 cm³/mol. The maximum Gasteiger partial charge on any atom is 0.303 e. The molecule has 27 heavy (non-hydrogen) atoms. The molecule has 138 valence electrons. The van der Waals surface area contributed by atoms with Gasteiger partial charge in [0.15, 0.2) is 0 Å². The standard InChI is InChI=1S/C22H20FNO3/c23-19-8-4-16(5-9-19)21-3-1-2-17(21)14-27-20-10-6-15(7-11-22(25)26)18(12-20)13-24/h4-6,8-10,12H,1-3,7,11,14H2,(H,25,26). The van der Waals surface area contributed by atoms with Crippen molar-refractivity contribution in [3.8, 4) is 11.8 Å². The van der Waals surface area contributed by atoms with Gasteiger partial charge in [0.05, 0.1) is 11.6 Å². The highest BCUT2D eigenvalue weighted by molar-refractivity contribution is 5.71. The lowest BCUT2D eigenvalue weighted by molar-refractivity contribution is -0.136. The van der Waals surface area contributed by atoms with Crippen LogP contribution >= 0.6 is 0 Å². The van der Waals surface area contributed by atoms with Crippen LogP contribution in [0.1, 0.15) is 42.4 Å². The molecule has 0 amide bonds. The van der Waals surface area contributed by atoms with E-state index in [1.54, 1.807) is 30.3 Å². The molecule has 0 atom stereocenters. The summed E-state index contributed by atoms with van der Waals surface area (Å²) in [5.74, 6) is -0.550. The normalized spacial score (nSPS) is 13.5. The number of benzene rings is 2. The number of hydrogen-bond acceptors (Lipinski definition) is 3. The Balaban J connectivity index is 1.72. The second-order valence-corrected chi connectivity index (χ2v) is 6.56. The number of aliphatic carboxylic acids is 1. The van der Waals surface area contributed by atoms with Gasteiger partial charge in [0.25, 0.3) is 0 Å². The number of halogens is 1. The Kier molecular flexibility index (Phi) is 5.87. The van der Waals surface area contributed by atoms with Crippen LogP contribution in [-0.4, -0.2) is 17.7 Å². The first-order valence-electron chi connectivity index (χ1n) is 8.91. The molecular weight excluding hydrogens is 345 g/mol. The molecule has 0 unspecified atom stereocenters. The number of allylic oxidation sites excluding steroid dienone is 1. The van der Waals surface area contributed by atoms with Gasteiger partial charge in [0.2, 0.25) is 0 Å². The molecule has 1 N–H and O–H groups in total. The molecule has 0 fully saturated rings. The van der Waals surface area contributed by atoms with Crippen molar-refractivity contribution in [2.75, 3.05) is 6.61 Å². The number of nitrogens with zero attached hydrogens (tertiary/aromatic N) is 1. The predicted octanol–water partition coefficient (Wildman–Crippen LogP) is 4.73. The average molecular weight is 365 g/mol. The largest absolute Gasteiger partial charge is 0.489 e. The van der Waals surface area contributed by atoms with Crippen LogP contribution in [0, 0.1) is 17.1 Å². The lowest BCUT2D eigenvalue weighted by Gasteiger charge is -2.12. The molecule has 2 aromatic carbocycles. The number of nitriles is 1. The van der Waals surface area contributed by atoms with Gasteiger partial charge < -0.3 is 9.84 Å². The van der Waals surface area contributed by atoms with Crippen LogP contribution in [0.4, 0.5) is 4.39 Å². The summed E-state index contributed by atoms with van der Waals surface area (Å²) in [5, 5.41) is 18.1. The first-order chi connectivity index (χ1) is 13.1. The fourth-order valence-electron chi connectivity index (χ4n) is 3.34. The van der Waals surface area contributed by atoms with Gasteiger partial charge in [-0.3, -0.25) is 4.79 Å². The van der Waals surface area contributed by atoms with Crippen LogP contribution < -0.4 is 4.74 Å². The Morgan fingerprint density at radius 1 is 1.19 bits per heavy atom. The Bertz CT molecular complexity index is 910. The summed E-state index contributed by atoms with van der Waals surface area (Å²) in [6.07, 6.45) is 3.24. The van der Waals surface area contributed by atoms with Crippen LogP contribution in [0.3, 0.4) is 0 Å². The molecule has 0 aliphatic heterocycles. The van der Waals surface area contributed by atoms with Gasteiger partial charge in [0, 0.05) is 6.42 Å². The smallest absolute Gasteiger partial charge is 0.303 e. The van der Waals surface area contributed by atoms with Gasteiger partial charge in [-0.15, -0.1) is 0 Å². The number of rotatable bonds is 7. The molecule has 0 saturated heterocycles. The zero-order valence-corrected chi connectivity index (χ0v) is 14.9. The first kappa shape index (κ1) is 18.7. The second-order valence-electron chi connectivity index (χ2n) is 6.56. The molecule has 4 nitrogen and oxygen atoms in total. The van der Waals surface area contributed by atoms with Gasteiger partial charge in [-0.1, -0.05) is 18.2 Å². The molecule has 1 aliphatic carbocycles. The van der Waals surface area contributed by atoms with Crippen molar-refractivity contribution in [2.24, 2.45) is 0 Å². The number of hydrogen-bond donors (Lipinski definition) is 1. The van der Waals surface area contributed by atoms with Crippen molar-refractivity contribution < 1.29 is 19.0 Å². The summed E-state index contributed by atoms with van der Waals surface area (Å²) < 4.78 is 19.0. The summed E-state index contributed by atoms with van der Waals surface area (Å²) in [5.41, 5.74) is 4.56. The van der Waals surface area contributed by atoms with E-state index in [2.05, 4.69) is 6.07 Å². The number of carboxylic acid groups (broad SMARTS) is 1. The summed E-state index contributed by atoms with van der Waals surface area (Å²) in [4.78, 5) is 10.7. The lowest BCUT2D eigenvalue weighted by Crippen LogP contribution is -2.03. The van der Waals surface area contributed by atoms with Crippen molar-refractivity contribution in [3.63, 3.8) is 0 Å². The molecule has 5 heteroatoms. The quantitative estimate of drug-likeness (QED) is 0.770. The Morgan fingerprint density at radius 3 is 2.67 bits per heavy atom. The second kappa shape index (κ2) is 8.50. The third-order valence-corrected chi connectivity index (χ3v) is 4.75. The average Bonchev–Trinajstić information content (AvgIpc) is 3.14. The molecule has 0 radical (unpaired) electrons. The van der Waals surface area contributed by atoms with Crippen molar-refractivity contribution in [1.29, 1.82) is 5.26 Å². The number of aryl methyl sites for hydroxylation is 1. The van der Waals surface area contributed by atoms with Gasteiger partial charge in [0.1, 0.15) is 18.2 Å². The zero-order valence-electron chi connectivity index (χ0n) is 14.9.